The summed E-state index contributed by atoms with van der Waals surface area (Å²) in [5.74, 6) is 0.917. The van der Waals surface area contributed by atoms with Gasteiger partial charge in [-0.05, 0) is 32.9 Å². The first-order valence-electron chi connectivity index (χ1n) is 5.89. The average Bonchev–Trinajstić information content (AvgIpc) is 2.56. The van der Waals surface area contributed by atoms with Gasteiger partial charge in [0, 0.05) is 38.8 Å². The Bertz CT molecular complexity index is 183. The lowest BCUT2D eigenvalue weighted by Crippen LogP contribution is -2.51. The van der Waals surface area contributed by atoms with Crippen molar-refractivity contribution in [2.75, 3.05) is 46.3 Å². The minimum absolute atomic E-state index is 0.731. The maximum absolute atomic E-state index is 3.45. The Labute approximate surface area is 87.4 Å². The molecule has 0 aromatic rings. The van der Waals surface area contributed by atoms with Gasteiger partial charge in [-0.15, -0.1) is 0 Å². The standard InChI is InChI=1S/C11H23N3/c1-10-7-12-4-6-14(10)9-11-3-5-13(2)8-11/h10-12H,3-9H2,1-2H3. The summed E-state index contributed by atoms with van der Waals surface area (Å²) in [7, 11) is 2.24. The molecule has 2 unspecified atom stereocenters. The Morgan fingerprint density at radius 1 is 1.36 bits per heavy atom. The Morgan fingerprint density at radius 2 is 2.21 bits per heavy atom. The number of rotatable bonds is 2. The van der Waals surface area contributed by atoms with Gasteiger partial charge in [-0.25, -0.2) is 0 Å². The van der Waals surface area contributed by atoms with Crippen molar-refractivity contribution in [1.29, 1.82) is 0 Å². The summed E-state index contributed by atoms with van der Waals surface area (Å²) in [5, 5.41) is 3.45. The van der Waals surface area contributed by atoms with Crippen LogP contribution in [0.3, 0.4) is 0 Å². The van der Waals surface area contributed by atoms with Gasteiger partial charge in [0.25, 0.3) is 0 Å². The third-order valence-electron chi connectivity index (χ3n) is 3.62. The van der Waals surface area contributed by atoms with Crippen LogP contribution in [0.5, 0.6) is 0 Å². The molecule has 2 fully saturated rings. The number of piperazine rings is 1. The van der Waals surface area contributed by atoms with Gasteiger partial charge in [-0.3, -0.25) is 4.90 Å². The number of nitrogens with one attached hydrogen (secondary N) is 1. The van der Waals surface area contributed by atoms with Crippen molar-refractivity contribution in [3.05, 3.63) is 0 Å². The lowest BCUT2D eigenvalue weighted by Gasteiger charge is -2.35. The van der Waals surface area contributed by atoms with E-state index >= 15 is 0 Å². The molecule has 0 aromatic heterocycles. The van der Waals surface area contributed by atoms with E-state index in [9.17, 15) is 0 Å². The van der Waals surface area contributed by atoms with Crippen LogP contribution in [0.2, 0.25) is 0 Å². The summed E-state index contributed by atoms with van der Waals surface area (Å²) in [6.45, 7) is 9.83. The van der Waals surface area contributed by atoms with Gasteiger partial charge >= 0.3 is 0 Å². The minimum atomic E-state index is 0.731. The van der Waals surface area contributed by atoms with Crippen molar-refractivity contribution >= 4 is 0 Å². The van der Waals surface area contributed by atoms with Crippen LogP contribution >= 0.6 is 0 Å². The molecule has 2 heterocycles. The third kappa shape index (κ3) is 2.47. The van der Waals surface area contributed by atoms with Crippen LogP contribution in [0.4, 0.5) is 0 Å². The van der Waals surface area contributed by atoms with E-state index in [1.54, 1.807) is 0 Å². The highest BCUT2D eigenvalue weighted by Crippen LogP contribution is 2.17. The van der Waals surface area contributed by atoms with Crippen molar-refractivity contribution < 1.29 is 0 Å². The van der Waals surface area contributed by atoms with Crippen LogP contribution in [-0.2, 0) is 0 Å². The van der Waals surface area contributed by atoms with Crippen LogP contribution in [0.1, 0.15) is 13.3 Å². The zero-order valence-corrected chi connectivity index (χ0v) is 9.50. The predicted octanol–water partition coefficient (Wildman–Crippen LogP) is 0.232. The minimum Gasteiger partial charge on any atom is -0.314 e. The summed E-state index contributed by atoms with van der Waals surface area (Å²) >= 11 is 0. The first-order chi connectivity index (χ1) is 6.75. The van der Waals surface area contributed by atoms with E-state index in [2.05, 4.69) is 29.1 Å². The summed E-state index contributed by atoms with van der Waals surface area (Å²) < 4.78 is 0. The van der Waals surface area contributed by atoms with E-state index in [4.69, 9.17) is 0 Å². The van der Waals surface area contributed by atoms with Crippen molar-refractivity contribution in [2.24, 2.45) is 5.92 Å². The Morgan fingerprint density at radius 3 is 2.86 bits per heavy atom. The maximum atomic E-state index is 3.45. The second kappa shape index (κ2) is 4.60. The van der Waals surface area contributed by atoms with E-state index in [1.165, 1.54) is 45.7 Å². The zero-order valence-electron chi connectivity index (χ0n) is 9.50. The lowest BCUT2D eigenvalue weighted by molar-refractivity contribution is 0.149. The van der Waals surface area contributed by atoms with Crippen LogP contribution in [0.25, 0.3) is 0 Å². The number of hydrogen-bond acceptors (Lipinski definition) is 3. The van der Waals surface area contributed by atoms with Gasteiger partial charge in [0.05, 0.1) is 0 Å². The second-order valence-corrected chi connectivity index (χ2v) is 4.97. The fourth-order valence-electron chi connectivity index (χ4n) is 2.66. The summed E-state index contributed by atoms with van der Waals surface area (Å²) in [4.78, 5) is 5.11. The van der Waals surface area contributed by atoms with Crippen molar-refractivity contribution in [3.63, 3.8) is 0 Å². The van der Waals surface area contributed by atoms with Crippen molar-refractivity contribution in [2.45, 2.75) is 19.4 Å². The van der Waals surface area contributed by atoms with Crippen LogP contribution < -0.4 is 5.32 Å². The molecule has 0 aliphatic carbocycles. The van der Waals surface area contributed by atoms with Gasteiger partial charge < -0.3 is 10.2 Å². The smallest absolute Gasteiger partial charge is 0.0193 e. The average molecular weight is 197 g/mol. The molecule has 0 amide bonds. The monoisotopic (exact) mass is 197 g/mol. The van der Waals surface area contributed by atoms with Gasteiger partial charge in [0.2, 0.25) is 0 Å². The second-order valence-electron chi connectivity index (χ2n) is 4.97. The molecule has 1 N–H and O–H groups in total. The largest absolute Gasteiger partial charge is 0.314 e. The summed E-state index contributed by atoms with van der Waals surface area (Å²) in [5.41, 5.74) is 0. The zero-order chi connectivity index (χ0) is 9.97. The van der Waals surface area contributed by atoms with Crippen molar-refractivity contribution in [3.8, 4) is 0 Å². The molecule has 0 bridgehead atoms. The van der Waals surface area contributed by atoms with Gasteiger partial charge in [-0.2, -0.15) is 0 Å². The highest BCUT2D eigenvalue weighted by Gasteiger charge is 2.25. The Hall–Kier alpha value is -0.120. The van der Waals surface area contributed by atoms with Crippen LogP contribution in [0, 0.1) is 5.92 Å². The molecule has 14 heavy (non-hydrogen) atoms. The molecule has 0 saturated carbocycles. The molecule has 0 spiro atoms. The molecule has 0 aromatic carbocycles. The van der Waals surface area contributed by atoms with E-state index in [0.29, 0.717) is 0 Å². The molecule has 82 valence electrons. The molecule has 2 aliphatic rings. The van der Waals surface area contributed by atoms with Crippen LogP contribution in [0.15, 0.2) is 0 Å². The van der Waals surface area contributed by atoms with Gasteiger partial charge in [0.1, 0.15) is 0 Å². The number of hydrogen-bond donors (Lipinski definition) is 1. The molecule has 2 atom stereocenters. The third-order valence-corrected chi connectivity index (χ3v) is 3.62. The number of nitrogens with zero attached hydrogens (tertiary/aromatic N) is 2. The molecule has 0 radical (unpaired) electrons. The molecule has 3 nitrogen and oxygen atoms in total. The topological polar surface area (TPSA) is 18.5 Å². The SMILES string of the molecule is CC1CNCCN1CC1CCN(C)C1. The Balaban J connectivity index is 1.78. The molecular weight excluding hydrogens is 174 g/mol. The van der Waals surface area contributed by atoms with E-state index in [1.807, 2.05) is 0 Å². The molecular formula is C11H23N3. The normalized spacial score (nSPS) is 36.4. The Kier molecular flexibility index (Phi) is 3.42. The lowest BCUT2D eigenvalue weighted by atomic mass is 10.1. The molecule has 2 saturated heterocycles. The first-order valence-corrected chi connectivity index (χ1v) is 5.89. The quantitative estimate of drug-likeness (QED) is 0.684. The van der Waals surface area contributed by atoms with E-state index in [0.717, 1.165) is 12.0 Å². The van der Waals surface area contributed by atoms with Crippen molar-refractivity contribution in [1.82, 2.24) is 15.1 Å². The van der Waals surface area contributed by atoms with E-state index in [-0.39, 0.29) is 0 Å². The first kappa shape index (κ1) is 10.4. The van der Waals surface area contributed by atoms with Gasteiger partial charge in [0.15, 0.2) is 0 Å². The molecule has 2 aliphatic heterocycles. The maximum Gasteiger partial charge on any atom is 0.0193 e. The molecule has 3 heteroatoms. The van der Waals surface area contributed by atoms with Crippen LogP contribution in [-0.4, -0.2) is 62.2 Å². The van der Waals surface area contributed by atoms with Gasteiger partial charge in [-0.1, -0.05) is 0 Å². The molecule has 2 rings (SSSR count). The summed E-state index contributed by atoms with van der Waals surface area (Å²) in [6.07, 6.45) is 1.40. The van der Waals surface area contributed by atoms with E-state index < -0.39 is 0 Å². The summed E-state index contributed by atoms with van der Waals surface area (Å²) in [6, 6.07) is 0.731. The highest BCUT2D eigenvalue weighted by atomic mass is 15.2. The fraction of sp³-hybridized carbons (Fsp3) is 1.00. The highest BCUT2D eigenvalue weighted by molar-refractivity contribution is 4.81. The number of likely N-dealkylation sites (tertiary alicyclic amines) is 1. The fourth-order valence-corrected chi connectivity index (χ4v) is 2.66. The predicted molar refractivity (Wildman–Crippen MR) is 59.5 cm³/mol.